The average Bonchev–Trinajstić information content (AvgIpc) is 3.06. The van der Waals surface area contributed by atoms with Crippen LogP contribution in [0.2, 0.25) is 0 Å². The van der Waals surface area contributed by atoms with Crippen LogP contribution in [0.15, 0.2) is 54.6 Å². The number of aromatic amines is 1. The van der Waals surface area contributed by atoms with Crippen LogP contribution < -0.4 is 0 Å². The molecule has 0 atom stereocenters. The second-order valence-electron chi connectivity index (χ2n) is 7.13. The monoisotopic (exact) mass is 332 g/mol. The number of benzene rings is 2. The molecule has 3 aromatic rings. The number of rotatable bonds is 3. The predicted octanol–water partition coefficient (Wildman–Crippen LogP) is 4.43. The summed E-state index contributed by atoms with van der Waals surface area (Å²) in [6.07, 6.45) is 2.58. The van der Waals surface area contributed by atoms with Crippen LogP contribution in [0.4, 0.5) is 0 Å². The normalized spacial score (nSPS) is 15.6. The molecule has 0 spiro atoms. The van der Waals surface area contributed by atoms with Gasteiger partial charge in [-0.1, -0.05) is 48.0 Å². The van der Waals surface area contributed by atoms with Gasteiger partial charge in [-0.3, -0.25) is 4.79 Å². The van der Waals surface area contributed by atoms with Crippen LogP contribution >= 0.6 is 0 Å². The Hall–Kier alpha value is -2.55. The molecule has 2 heterocycles. The van der Waals surface area contributed by atoms with E-state index >= 15 is 0 Å². The van der Waals surface area contributed by atoms with Crippen molar-refractivity contribution in [2.24, 2.45) is 0 Å². The van der Waals surface area contributed by atoms with Crippen molar-refractivity contribution in [2.75, 3.05) is 13.1 Å². The fraction of sp³-hybridized carbons (Fsp3) is 0.318. The van der Waals surface area contributed by atoms with Crippen molar-refractivity contribution in [3.05, 3.63) is 71.4 Å². The molecule has 2 aromatic carbocycles. The third-order valence-corrected chi connectivity index (χ3v) is 5.28. The number of amides is 1. The zero-order valence-electron chi connectivity index (χ0n) is 14.7. The molecule has 0 unspecified atom stereocenters. The van der Waals surface area contributed by atoms with E-state index in [1.54, 1.807) is 0 Å². The number of hydrogen-bond acceptors (Lipinski definition) is 1. The number of nitrogens with zero attached hydrogens (tertiary/aromatic N) is 1. The molecule has 1 aliphatic heterocycles. The third-order valence-electron chi connectivity index (χ3n) is 5.28. The Labute approximate surface area is 148 Å². The van der Waals surface area contributed by atoms with Gasteiger partial charge in [0.1, 0.15) is 0 Å². The minimum Gasteiger partial charge on any atom is -0.358 e. The average molecular weight is 332 g/mol. The molecular formula is C22H24N2O. The summed E-state index contributed by atoms with van der Waals surface area (Å²) >= 11 is 0. The number of carbonyl (C=O) groups excluding carboxylic acids is 1. The number of para-hydroxylation sites is 1. The smallest absolute Gasteiger partial charge is 0.226 e. The molecule has 25 heavy (non-hydrogen) atoms. The van der Waals surface area contributed by atoms with Crippen LogP contribution in [0.25, 0.3) is 10.9 Å². The van der Waals surface area contributed by atoms with Gasteiger partial charge in [-0.25, -0.2) is 0 Å². The highest BCUT2D eigenvalue weighted by Crippen LogP contribution is 2.30. The van der Waals surface area contributed by atoms with Gasteiger partial charge >= 0.3 is 0 Å². The Morgan fingerprint density at radius 3 is 2.64 bits per heavy atom. The van der Waals surface area contributed by atoms with Crippen LogP contribution in [-0.4, -0.2) is 28.9 Å². The maximum absolute atomic E-state index is 12.6. The van der Waals surface area contributed by atoms with Crippen LogP contribution in [0.1, 0.15) is 35.6 Å². The van der Waals surface area contributed by atoms with Crippen molar-refractivity contribution < 1.29 is 4.79 Å². The Balaban J connectivity index is 1.38. The molecule has 128 valence electrons. The number of carbonyl (C=O) groups is 1. The zero-order chi connectivity index (χ0) is 17.2. The van der Waals surface area contributed by atoms with Gasteiger partial charge in [0.15, 0.2) is 0 Å². The predicted molar refractivity (Wildman–Crippen MR) is 102 cm³/mol. The largest absolute Gasteiger partial charge is 0.358 e. The Kier molecular flexibility index (Phi) is 4.31. The number of nitrogens with one attached hydrogen (secondary N) is 1. The quantitative estimate of drug-likeness (QED) is 0.757. The van der Waals surface area contributed by atoms with Gasteiger partial charge in [0.25, 0.3) is 0 Å². The van der Waals surface area contributed by atoms with Crippen LogP contribution in [0.5, 0.6) is 0 Å². The highest BCUT2D eigenvalue weighted by atomic mass is 16.2. The Morgan fingerprint density at radius 1 is 1.08 bits per heavy atom. The van der Waals surface area contributed by atoms with E-state index in [1.807, 2.05) is 17.0 Å². The lowest BCUT2D eigenvalue weighted by Crippen LogP contribution is -2.38. The number of aryl methyl sites for hydroxylation is 1. The molecule has 0 saturated carbocycles. The highest BCUT2D eigenvalue weighted by Gasteiger charge is 2.24. The van der Waals surface area contributed by atoms with Crippen molar-refractivity contribution in [3.8, 4) is 0 Å². The summed E-state index contributed by atoms with van der Waals surface area (Å²) in [6.45, 7) is 3.77. The van der Waals surface area contributed by atoms with Gasteiger partial charge in [-0.15, -0.1) is 0 Å². The number of aromatic nitrogens is 1. The highest BCUT2D eigenvalue weighted by molar-refractivity contribution is 5.80. The molecular weight excluding hydrogens is 308 g/mol. The van der Waals surface area contributed by atoms with E-state index in [-0.39, 0.29) is 5.91 Å². The minimum atomic E-state index is 0.251. The van der Waals surface area contributed by atoms with E-state index in [4.69, 9.17) is 0 Å². The molecule has 1 amide bonds. The summed E-state index contributed by atoms with van der Waals surface area (Å²) in [6, 6.07) is 18.9. The van der Waals surface area contributed by atoms with E-state index in [2.05, 4.69) is 54.4 Å². The van der Waals surface area contributed by atoms with Gasteiger partial charge in [-0.2, -0.15) is 0 Å². The van der Waals surface area contributed by atoms with Crippen molar-refractivity contribution in [1.82, 2.24) is 9.88 Å². The summed E-state index contributed by atoms with van der Waals surface area (Å²) in [7, 11) is 0. The van der Waals surface area contributed by atoms with E-state index in [0.29, 0.717) is 12.3 Å². The molecule has 3 nitrogen and oxygen atoms in total. The first-order valence-electron chi connectivity index (χ1n) is 9.10. The Morgan fingerprint density at radius 2 is 1.88 bits per heavy atom. The standard InChI is InChI=1S/C22H24N2O/c1-16-5-4-6-17(13-16)14-22(25)24-11-9-18(10-12-24)21-15-19-7-2-3-8-20(19)23-21/h2-8,13,15,18,23H,9-12,14H2,1H3. The molecule has 1 saturated heterocycles. The van der Waals surface area contributed by atoms with E-state index in [1.165, 1.54) is 22.2 Å². The van der Waals surface area contributed by atoms with Gasteiger partial charge in [0.2, 0.25) is 5.91 Å². The molecule has 1 aliphatic rings. The molecule has 0 radical (unpaired) electrons. The van der Waals surface area contributed by atoms with Crippen LogP contribution in [-0.2, 0) is 11.2 Å². The second kappa shape index (κ2) is 6.75. The van der Waals surface area contributed by atoms with Crippen LogP contribution in [0, 0.1) is 6.92 Å². The topological polar surface area (TPSA) is 36.1 Å². The van der Waals surface area contributed by atoms with Crippen LogP contribution in [0.3, 0.4) is 0 Å². The maximum Gasteiger partial charge on any atom is 0.226 e. The number of likely N-dealkylation sites (tertiary alicyclic amines) is 1. The fourth-order valence-corrected chi connectivity index (χ4v) is 3.86. The molecule has 0 aliphatic carbocycles. The summed E-state index contributed by atoms with van der Waals surface area (Å²) < 4.78 is 0. The lowest BCUT2D eigenvalue weighted by atomic mass is 9.93. The van der Waals surface area contributed by atoms with E-state index in [0.717, 1.165) is 31.5 Å². The van der Waals surface area contributed by atoms with E-state index < -0.39 is 0 Å². The summed E-state index contributed by atoms with van der Waals surface area (Å²) in [5.41, 5.74) is 4.84. The SMILES string of the molecule is Cc1cccc(CC(=O)N2CCC(c3cc4ccccc4[nH]3)CC2)c1. The van der Waals surface area contributed by atoms with E-state index in [9.17, 15) is 4.79 Å². The maximum atomic E-state index is 12.6. The summed E-state index contributed by atoms with van der Waals surface area (Å²) in [4.78, 5) is 18.2. The first-order valence-corrected chi connectivity index (χ1v) is 9.10. The minimum absolute atomic E-state index is 0.251. The van der Waals surface area contributed by atoms with Crippen molar-refractivity contribution in [1.29, 1.82) is 0 Å². The first kappa shape index (κ1) is 15.9. The number of fused-ring (bicyclic) bond motifs is 1. The molecule has 1 aromatic heterocycles. The fourth-order valence-electron chi connectivity index (χ4n) is 3.86. The molecule has 0 bridgehead atoms. The first-order chi connectivity index (χ1) is 12.2. The number of H-pyrrole nitrogens is 1. The van der Waals surface area contributed by atoms with Gasteiger partial charge < -0.3 is 9.88 Å². The van der Waals surface area contributed by atoms with Gasteiger partial charge in [0, 0.05) is 30.2 Å². The Bertz CT molecular complexity index is 855. The van der Waals surface area contributed by atoms with Crippen molar-refractivity contribution >= 4 is 16.8 Å². The molecule has 3 heteroatoms. The third kappa shape index (κ3) is 3.46. The number of hydrogen-bond donors (Lipinski definition) is 1. The number of piperidine rings is 1. The second-order valence-corrected chi connectivity index (χ2v) is 7.13. The molecule has 1 fully saturated rings. The summed E-state index contributed by atoms with van der Waals surface area (Å²) in [5.74, 6) is 0.774. The molecule has 4 rings (SSSR count). The van der Waals surface area contributed by atoms with Crippen molar-refractivity contribution in [2.45, 2.75) is 32.1 Å². The lowest BCUT2D eigenvalue weighted by Gasteiger charge is -2.31. The zero-order valence-corrected chi connectivity index (χ0v) is 14.7. The van der Waals surface area contributed by atoms with Gasteiger partial charge in [0.05, 0.1) is 6.42 Å². The summed E-state index contributed by atoms with van der Waals surface area (Å²) in [5, 5.41) is 1.27. The van der Waals surface area contributed by atoms with Gasteiger partial charge in [-0.05, 0) is 42.8 Å². The lowest BCUT2D eigenvalue weighted by molar-refractivity contribution is -0.131. The molecule has 1 N–H and O–H groups in total. The van der Waals surface area contributed by atoms with Crippen molar-refractivity contribution in [3.63, 3.8) is 0 Å².